The molecule has 192 valence electrons. The first-order valence-electron chi connectivity index (χ1n) is 10.8. The van der Waals surface area contributed by atoms with Crippen molar-refractivity contribution >= 4 is 17.5 Å². The SMILES string of the molecule is NC(N)=NCc1cc2c(c(O)c1OC1OC(CO)C(O)C(O)C1O)C(=O)c1cc(CO)ccc1C2=O. The van der Waals surface area contributed by atoms with Crippen LogP contribution in [0, 0.1) is 0 Å². The number of nitrogens with two attached hydrogens (primary N) is 2. The molecule has 0 amide bonds. The van der Waals surface area contributed by atoms with Crippen LogP contribution < -0.4 is 16.2 Å². The molecule has 5 unspecified atom stereocenters. The molecule has 0 bridgehead atoms. The van der Waals surface area contributed by atoms with Crippen molar-refractivity contribution in [1.82, 2.24) is 0 Å². The molecule has 2 aromatic carbocycles. The van der Waals surface area contributed by atoms with Crippen LogP contribution in [0.2, 0.25) is 0 Å². The molecule has 1 saturated heterocycles. The number of hydrogen-bond acceptors (Lipinski definition) is 11. The highest BCUT2D eigenvalue weighted by Crippen LogP contribution is 2.43. The Morgan fingerprint density at radius 2 is 1.69 bits per heavy atom. The van der Waals surface area contributed by atoms with Crippen LogP contribution >= 0.6 is 0 Å². The van der Waals surface area contributed by atoms with Gasteiger partial charge >= 0.3 is 0 Å². The minimum Gasteiger partial charge on any atom is -0.504 e. The Kier molecular flexibility index (Phi) is 6.95. The molecule has 13 heteroatoms. The number of aliphatic hydroxyl groups excluding tert-OH is 5. The van der Waals surface area contributed by atoms with E-state index in [1.807, 2.05) is 0 Å². The van der Waals surface area contributed by atoms with E-state index in [-0.39, 0.29) is 41.4 Å². The number of hydrogen-bond donors (Lipinski definition) is 8. The second-order valence-electron chi connectivity index (χ2n) is 8.39. The third-order valence-electron chi connectivity index (χ3n) is 6.07. The molecule has 1 fully saturated rings. The maximum absolute atomic E-state index is 13.3. The number of aliphatic imine (C=N–C) groups is 1. The van der Waals surface area contributed by atoms with Gasteiger partial charge in [0.25, 0.3) is 0 Å². The lowest BCUT2D eigenvalue weighted by atomic mass is 9.81. The van der Waals surface area contributed by atoms with Gasteiger partial charge in [0.1, 0.15) is 24.4 Å². The number of aromatic hydroxyl groups is 1. The molecule has 0 spiro atoms. The molecule has 10 N–H and O–H groups in total. The van der Waals surface area contributed by atoms with Crippen molar-refractivity contribution in [3.63, 3.8) is 0 Å². The number of ketones is 2. The fourth-order valence-corrected chi connectivity index (χ4v) is 4.18. The zero-order valence-corrected chi connectivity index (χ0v) is 18.7. The average Bonchev–Trinajstić information content (AvgIpc) is 2.86. The van der Waals surface area contributed by atoms with Gasteiger partial charge in [-0.25, -0.2) is 4.99 Å². The van der Waals surface area contributed by atoms with Gasteiger partial charge in [-0.3, -0.25) is 9.59 Å². The molecule has 0 saturated carbocycles. The Labute approximate surface area is 203 Å². The molecular formula is C23H25N3O10. The summed E-state index contributed by atoms with van der Waals surface area (Å²) in [6.45, 7) is -1.41. The molecule has 5 atom stereocenters. The van der Waals surface area contributed by atoms with E-state index in [1.54, 1.807) is 0 Å². The second kappa shape index (κ2) is 9.81. The van der Waals surface area contributed by atoms with Gasteiger partial charge in [0.2, 0.25) is 6.29 Å². The fourth-order valence-electron chi connectivity index (χ4n) is 4.18. The van der Waals surface area contributed by atoms with Crippen molar-refractivity contribution in [2.24, 2.45) is 16.5 Å². The van der Waals surface area contributed by atoms with E-state index >= 15 is 0 Å². The number of aliphatic hydroxyl groups is 5. The molecule has 0 aromatic heterocycles. The third-order valence-corrected chi connectivity index (χ3v) is 6.07. The summed E-state index contributed by atoms with van der Waals surface area (Å²) in [5, 5.41) is 60.4. The Balaban J connectivity index is 1.84. The van der Waals surface area contributed by atoms with Crippen LogP contribution in [0.15, 0.2) is 29.3 Å². The Bertz CT molecular complexity index is 1240. The summed E-state index contributed by atoms with van der Waals surface area (Å²) in [5.41, 5.74) is 10.7. The number of ether oxygens (including phenoxy) is 2. The van der Waals surface area contributed by atoms with Crippen molar-refractivity contribution in [2.75, 3.05) is 6.61 Å². The molecule has 2 aromatic rings. The molecule has 0 radical (unpaired) electrons. The maximum Gasteiger partial charge on any atom is 0.229 e. The van der Waals surface area contributed by atoms with E-state index in [0.717, 1.165) is 0 Å². The lowest BCUT2D eigenvalue weighted by Crippen LogP contribution is -2.60. The van der Waals surface area contributed by atoms with Crippen LogP contribution in [0.25, 0.3) is 0 Å². The van der Waals surface area contributed by atoms with Gasteiger partial charge in [-0.15, -0.1) is 0 Å². The third kappa shape index (κ3) is 4.28. The molecule has 13 nitrogen and oxygen atoms in total. The topological polar surface area (TPSA) is 238 Å². The average molecular weight is 503 g/mol. The number of guanidine groups is 1. The summed E-state index contributed by atoms with van der Waals surface area (Å²) in [4.78, 5) is 30.4. The maximum atomic E-state index is 13.3. The van der Waals surface area contributed by atoms with Crippen LogP contribution in [0.5, 0.6) is 11.5 Å². The molecule has 2 aliphatic rings. The van der Waals surface area contributed by atoms with Gasteiger partial charge in [-0.05, 0) is 23.8 Å². The minimum absolute atomic E-state index is 0.0354. The standard InChI is InChI=1S/C23H25N3O10/c24-23(25)26-5-9-4-12-14(16(30)11-3-8(6-27)1-2-10(11)15(12)29)18(32)21(9)36-22-20(34)19(33)17(31)13(7-28)35-22/h1-4,13,17,19-20,22,27-28,31-34H,5-7H2,(H4,24,25,26). The Morgan fingerprint density at radius 1 is 0.972 bits per heavy atom. The van der Waals surface area contributed by atoms with E-state index in [4.69, 9.17) is 20.9 Å². The fraction of sp³-hybridized carbons (Fsp3) is 0.348. The number of phenolic OH excluding ortho intramolecular Hbond substituents is 1. The van der Waals surface area contributed by atoms with E-state index in [9.17, 15) is 40.2 Å². The molecule has 4 rings (SSSR count). The lowest BCUT2D eigenvalue weighted by molar-refractivity contribution is -0.277. The summed E-state index contributed by atoms with van der Waals surface area (Å²) in [5.74, 6) is -2.82. The first-order chi connectivity index (χ1) is 17.1. The monoisotopic (exact) mass is 503 g/mol. The Morgan fingerprint density at radius 3 is 2.33 bits per heavy atom. The molecule has 1 aliphatic heterocycles. The molecule has 36 heavy (non-hydrogen) atoms. The zero-order valence-electron chi connectivity index (χ0n) is 18.7. The van der Waals surface area contributed by atoms with Crippen molar-refractivity contribution in [3.8, 4) is 11.5 Å². The number of phenols is 1. The van der Waals surface area contributed by atoms with Crippen LogP contribution in [-0.4, -0.2) is 85.5 Å². The van der Waals surface area contributed by atoms with Gasteiger partial charge < -0.3 is 51.6 Å². The number of rotatable bonds is 6. The summed E-state index contributed by atoms with van der Waals surface area (Å²) in [6, 6.07) is 5.48. The number of nitrogens with zero attached hydrogens (tertiary/aromatic N) is 1. The van der Waals surface area contributed by atoms with E-state index in [0.29, 0.717) is 5.56 Å². The summed E-state index contributed by atoms with van der Waals surface area (Å²) in [7, 11) is 0. The number of benzene rings is 2. The number of carbonyl (C=O) groups is 2. The number of carbonyl (C=O) groups excluding carboxylic acids is 2. The van der Waals surface area contributed by atoms with Gasteiger partial charge in [-0.1, -0.05) is 6.07 Å². The van der Waals surface area contributed by atoms with Crippen LogP contribution in [-0.2, 0) is 17.9 Å². The first kappa shape index (κ1) is 25.5. The predicted molar refractivity (Wildman–Crippen MR) is 121 cm³/mol. The van der Waals surface area contributed by atoms with Crippen molar-refractivity contribution < 1.29 is 49.7 Å². The van der Waals surface area contributed by atoms with Crippen LogP contribution in [0.4, 0.5) is 0 Å². The van der Waals surface area contributed by atoms with Crippen molar-refractivity contribution in [2.45, 2.75) is 43.9 Å². The highest BCUT2D eigenvalue weighted by molar-refractivity contribution is 6.29. The molecule has 1 aliphatic carbocycles. The zero-order chi connectivity index (χ0) is 26.3. The quantitative estimate of drug-likeness (QED) is 0.130. The smallest absolute Gasteiger partial charge is 0.229 e. The van der Waals surface area contributed by atoms with Crippen LogP contribution in [0.3, 0.4) is 0 Å². The van der Waals surface area contributed by atoms with Gasteiger partial charge in [0, 0.05) is 22.3 Å². The minimum atomic E-state index is -1.82. The van der Waals surface area contributed by atoms with E-state index in [1.165, 1.54) is 24.3 Å². The first-order valence-corrected chi connectivity index (χ1v) is 10.8. The number of fused-ring (bicyclic) bond motifs is 2. The predicted octanol–water partition coefficient (Wildman–Crippen LogP) is -2.39. The van der Waals surface area contributed by atoms with Gasteiger partial charge in [-0.2, -0.15) is 0 Å². The normalized spacial score (nSPS) is 25.2. The van der Waals surface area contributed by atoms with Crippen LogP contribution in [0.1, 0.15) is 43.0 Å². The highest BCUT2D eigenvalue weighted by Gasteiger charge is 2.45. The Hall–Kier alpha value is -3.59. The molecular weight excluding hydrogens is 478 g/mol. The summed E-state index contributed by atoms with van der Waals surface area (Å²) >= 11 is 0. The van der Waals surface area contributed by atoms with E-state index in [2.05, 4.69) is 4.99 Å². The molecule has 1 heterocycles. The lowest BCUT2D eigenvalue weighted by Gasteiger charge is -2.39. The second-order valence-corrected chi connectivity index (χ2v) is 8.39. The van der Waals surface area contributed by atoms with Crippen molar-refractivity contribution in [1.29, 1.82) is 0 Å². The summed E-state index contributed by atoms with van der Waals surface area (Å²) in [6.07, 6.45) is -8.25. The van der Waals surface area contributed by atoms with Gasteiger partial charge in [0.15, 0.2) is 29.0 Å². The summed E-state index contributed by atoms with van der Waals surface area (Å²) < 4.78 is 11.0. The van der Waals surface area contributed by atoms with Crippen molar-refractivity contribution in [3.05, 3.63) is 57.6 Å². The highest BCUT2D eigenvalue weighted by atomic mass is 16.7. The van der Waals surface area contributed by atoms with Gasteiger partial charge in [0.05, 0.1) is 25.3 Å². The van der Waals surface area contributed by atoms with E-state index < -0.39 is 65.9 Å². The largest absolute Gasteiger partial charge is 0.504 e.